The van der Waals surface area contributed by atoms with E-state index in [1.54, 1.807) is 6.20 Å². The van der Waals surface area contributed by atoms with Crippen LogP contribution in [0.1, 0.15) is 22.9 Å². The van der Waals surface area contributed by atoms with Crippen LogP contribution in [0.25, 0.3) is 0 Å². The Kier molecular flexibility index (Phi) is 3.99. The molecule has 1 aromatic heterocycles. The maximum Gasteiger partial charge on any atom is 0.223 e. The topological polar surface area (TPSA) is 42.0 Å². The summed E-state index contributed by atoms with van der Waals surface area (Å²) in [4.78, 5) is 16.1. The van der Waals surface area contributed by atoms with Crippen molar-refractivity contribution in [2.45, 2.75) is 20.3 Å². The highest BCUT2D eigenvalue weighted by Gasteiger charge is 2.07. The molecular weight excluding hydrogens is 268 g/mol. The molecule has 1 N–H and O–H groups in total. The third-order valence-corrected chi connectivity index (χ3v) is 3.93. The fraction of sp³-hybridized carbons (Fsp3) is 0.231. The molecular formula is C13H13ClN2OS. The molecule has 0 unspecified atom stereocenters. The number of amides is 1. The lowest BCUT2D eigenvalue weighted by Crippen LogP contribution is -2.04. The van der Waals surface area contributed by atoms with Gasteiger partial charge >= 0.3 is 0 Å². The van der Waals surface area contributed by atoms with Gasteiger partial charge in [-0.25, -0.2) is 4.98 Å². The van der Waals surface area contributed by atoms with Crippen molar-refractivity contribution >= 4 is 34.0 Å². The lowest BCUT2D eigenvalue weighted by molar-refractivity contribution is -0.114. The molecule has 0 bridgehead atoms. The number of anilines is 1. The van der Waals surface area contributed by atoms with Crippen LogP contribution in [0.5, 0.6) is 0 Å². The fourth-order valence-corrected chi connectivity index (χ4v) is 2.70. The summed E-state index contributed by atoms with van der Waals surface area (Å²) >= 11 is 7.72. The van der Waals surface area contributed by atoms with Crippen LogP contribution in [0.15, 0.2) is 24.4 Å². The Morgan fingerprint density at radius 1 is 1.50 bits per heavy atom. The Morgan fingerprint density at radius 2 is 2.28 bits per heavy atom. The molecule has 0 aliphatic carbocycles. The molecule has 94 valence electrons. The van der Waals surface area contributed by atoms with E-state index in [1.165, 1.54) is 18.3 Å². The second-order valence-electron chi connectivity index (χ2n) is 4.04. The molecule has 2 rings (SSSR count). The molecule has 0 saturated heterocycles. The molecule has 0 saturated carbocycles. The van der Waals surface area contributed by atoms with Gasteiger partial charge in [0.15, 0.2) is 5.13 Å². The highest BCUT2D eigenvalue weighted by atomic mass is 35.5. The molecule has 18 heavy (non-hydrogen) atoms. The van der Waals surface area contributed by atoms with Gasteiger partial charge in [0.2, 0.25) is 5.91 Å². The number of hydrogen-bond donors (Lipinski definition) is 1. The first-order valence-corrected chi connectivity index (χ1v) is 6.72. The van der Waals surface area contributed by atoms with E-state index in [9.17, 15) is 4.79 Å². The van der Waals surface area contributed by atoms with Gasteiger partial charge in [0.05, 0.1) is 0 Å². The van der Waals surface area contributed by atoms with Crippen LogP contribution in [0.4, 0.5) is 5.13 Å². The SMILES string of the molecule is CC(=O)Nc1ncc(Cc2cccc(C)c2Cl)s1. The van der Waals surface area contributed by atoms with E-state index in [4.69, 9.17) is 11.6 Å². The highest BCUT2D eigenvalue weighted by Crippen LogP contribution is 2.26. The van der Waals surface area contributed by atoms with E-state index >= 15 is 0 Å². The van der Waals surface area contributed by atoms with Crippen LogP contribution in [0.3, 0.4) is 0 Å². The second kappa shape index (κ2) is 5.50. The first-order chi connectivity index (χ1) is 8.56. The summed E-state index contributed by atoms with van der Waals surface area (Å²) < 4.78 is 0. The van der Waals surface area contributed by atoms with Gasteiger partial charge < -0.3 is 5.32 Å². The van der Waals surface area contributed by atoms with Gasteiger partial charge in [-0.05, 0) is 18.1 Å². The van der Waals surface area contributed by atoms with Crippen molar-refractivity contribution in [2.75, 3.05) is 5.32 Å². The molecule has 3 nitrogen and oxygen atoms in total. The molecule has 0 radical (unpaired) electrons. The molecule has 0 fully saturated rings. The summed E-state index contributed by atoms with van der Waals surface area (Å²) in [6, 6.07) is 5.99. The third kappa shape index (κ3) is 3.09. The van der Waals surface area contributed by atoms with Crippen LogP contribution in [-0.4, -0.2) is 10.9 Å². The van der Waals surface area contributed by atoms with Crippen LogP contribution in [0, 0.1) is 6.92 Å². The zero-order chi connectivity index (χ0) is 13.1. The first kappa shape index (κ1) is 13.1. The van der Waals surface area contributed by atoms with E-state index < -0.39 is 0 Å². The van der Waals surface area contributed by atoms with Crippen molar-refractivity contribution in [1.82, 2.24) is 4.98 Å². The number of carbonyl (C=O) groups excluding carboxylic acids is 1. The zero-order valence-electron chi connectivity index (χ0n) is 10.2. The van der Waals surface area contributed by atoms with E-state index in [2.05, 4.69) is 10.3 Å². The molecule has 0 spiro atoms. The number of nitrogens with one attached hydrogen (secondary N) is 1. The maximum absolute atomic E-state index is 10.9. The van der Waals surface area contributed by atoms with Gasteiger partial charge in [0.1, 0.15) is 0 Å². The predicted molar refractivity (Wildman–Crippen MR) is 75.4 cm³/mol. The summed E-state index contributed by atoms with van der Waals surface area (Å²) in [5, 5.41) is 4.10. The van der Waals surface area contributed by atoms with E-state index in [-0.39, 0.29) is 5.91 Å². The van der Waals surface area contributed by atoms with Gasteiger partial charge in [-0.2, -0.15) is 0 Å². The minimum atomic E-state index is -0.107. The lowest BCUT2D eigenvalue weighted by atomic mass is 10.1. The molecule has 0 atom stereocenters. The maximum atomic E-state index is 10.9. The van der Waals surface area contributed by atoms with Crippen molar-refractivity contribution in [2.24, 2.45) is 0 Å². The minimum Gasteiger partial charge on any atom is -0.302 e. The first-order valence-electron chi connectivity index (χ1n) is 5.52. The number of benzene rings is 1. The second-order valence-corrected chi connectivity index (χ2v) is 5.53. The number of hydrogen-bond acceptors (Lipinski definition) is 3. The summed E-state index contributed by atoms with van der Waals surface area (Å²) in [6.07, 6.45) is 2.51. The molecule has 0 aliphatic rings. The van der Waals surface area contributed by atoms with Crippen molar-refractivity contribution < 1.29 is 4.79 Å². The summed E-state index contributed by atoms with van der Waals surface area (Å²) in [7, 11) is 0. The largest absolute Gasteiger partial charge is 0.302 e. The van der Waals surface area contributed by atoms with Gasteiger partial charge in [0.25, 0.3) is 0 Å². The van der Waals surface area contributed by atoms with Crippen LogP contribution < -0.4 is 5.32 Å². The smallest absolute Gasteiger partial charge is 0.223 e. The molecule has 1 amide bonds. The molecule has 1 heterocycles. The predicted octanol–water partition coefficient (Wildman–Crippen LogP) is 3.65. The normalized spacial score (nSPS) is 10.4. The molecule has 5 heteroatoms. The molecule has 2 aromatic rings. The molecule has 1 aromatic carbocycles. The number of aromatic nitrogens is 1. The van der Waals surface area contributed by atoms with Crippen molar-refractivity contribution in [3.05, 3.63) is 45.4 Å². The van der Waals surface area contributed by atoms with Gasteiger partial charge in [-0.15, -0.1) is 11.3 Å². The Morgan fingerprint density at radius 3 is 3.00 bits per heavy atom. The third-order valence-electron chi connectivity index (χ3n) is 2.47. The Labute approximate surface area is 115 Å². The van der Waals surface area contributed by atoms with Crippen molar-refractivity contribution in [1.29, 1.82) is 0 Å². The standard InChI is InChI=1S/C13H13ClN2OS/c1-8-4-3-5-10(12(8)14)6-11-7-15-13(18-11)16-9(2)17/h3-5,7H,6H2,1-2H3,(H,15,16,17). The number of rotatable bonds is 3. The van der Waals surface area contributed by atoms with Crippen molar-refractivity contribution in [3.8, 4) is 0 Å². The number of thiazole rings is 1. The van der Waals surface area contributed by atoms with Crippen LogP contribution in [-0.2, 0) is 11.2 Å². The summed E-state index contributed by atoms with van der Waals surface area (Å²) in [5.41, 5.74) is 2.15. The average Bonchev–Trinajstić information content (AvgIpc) is 2.71. The highest BCUT2D eigenvalue weighted by molar-refractivity contribution is 7.15. The Hall–Kier alpha value is -1.39. The number of halogens is 1. The monoisotopic (exact) mass is 280 g/mol. The lowest BCUT2D eigenvalue weighted by Gasteiger charge is -2.04. The zero-order valence-corrected chi connectivity index (χ0v) is 11.7. The van der Waals surface area contributed by atoms with Gasteiger partial charge in [-0.3, -0.25) is 4.79 Å². The van der Waals surface area contributed by atoms with Crippen LogP contribution >= 0.6 is 22.9 Å². The fourth-order valence-electron chi connectivity index (χ4n) is 1.63. The van der Waals surface area contributed by atoms with Gasteiger partial charge in [0, 0.05) is 29.4 Å². The average molecular weight is 281 g/mol. The van der Waals surface area contributed by atoms with Crippen LogP contribution in [0.2, 0.25) is 5.02 Å². The van der Waals surface area contributed by atoms with E-state index in [0.717, 1.165) is 27.4 Å². The number of aryl methyl sites for hydroxylation is 1. The van der Waals surface area contributed by atoms with E-state index in [1.807, 2.05) is 25.1 Å². The summed E-state index contributed by atoms with van der Waals surface area (Å²) in [5.74, 6) is -0.107. The quantitative estimate of drug-likeness (QED) is 0.932. The number of nitrogens with zero attached hydrogens (tertiary/aromatic N) is 1. The minimum absolute atomic E-state index is 0.107. The van der Waals surface area contributed by atoms with E-state index in [0.29, 0.717) is 5.13 Å². The Balaban J connectivity index is 2.16. The van der Waals surface area contributed by atoms with Crippen molar-refractivity contribution in [3.63, 3.8) is 0 Å². The molecule has 0 aliphatic heterocycles. The summed E-state index contributed by atoms with van der Waals surface area (Å²) in [6.45, 7) is 3.46. The van der Waals surface area contributed by atoms with Gasteiger partial charge in [-0.1, -0.05) is 29.8 Å². The number of carbonyl (C=O) groups is 1. The Bertz CT molecular complexity index is 580.